The second-order valence-corrected chi connectivity index (χ2v) is 5.44. The largest absolute Gasteiger partial charge is 0.377 e. The van der Waals surface area contributed by atoms with E-state index >= 15 is 0 Å². The fourth-order valence-corrected chi connectivity index (χ4v) is 2.79. The molecule has 98 valence electrons. The number of anilines is 1. The van der Waals surface area contributed by atoms with Crippen molar-refractivity contribution in [1.82, 2.24) is 4.98 Å². The van der Waals surface area contributed by atoms with Crippen molar-refractivity contribution in [2.24, 2.45) is 0 Å². The van der Waals surface area contributed by atoms with E-state index in [9.17, 15) is 0 Å². The highest BCUT2D eigenvalue weighted by Gasteiger charge is 2.13. The van der Waals surface area contributed by atoms with Crippen molar-refractivity contribution < 1.29 is 0 Å². The van der Waals surface area contributed by atoms with E-state index in [0.717, 1.165) is 5.69 Å². The molecule has 1 N–H and O–H groups in total. The quantitative estimate of drug-likeness (QED) is 0.891. The van der Waals surface area contributed by atoms with Crippen LogP contribution in [-0.4, -0.2) is 4.98 Å². The van der Waals surface area contributed by atoms with Crippen LogP contribution in [0.4, 0.5) is 5.69 Å². The Morgan fingerprint density at radius 1 is 1.16 bits per heavy atom. The summed E-state index contributed by atoms with van der Waals surface area (Å²) in [6.07, 6.45) is 7.53. The van der Waals surface area contributed by atoms with E-state index in [0.29, 0.717) is 6.04 Å². The highest BCUT2D eigenvalue weighted by molar-refractivity contribution is 5.50. The molecular formula is C17H20N2. The maximum absolute atomic E-state index is 4.19. The maximum atomic E-state index is 4.19. The molecule has 0 saturated heterocycles. The lowest BCUT2D eigenvalue weighted by molar-refractivity contribution is 0.875. The second-order valence-electron chi connectivity index (χ2n) is 5.44. The van der Waals surface area contributed by atoms with Crippen LogP contribution >= 0.6 is 0 Å². The highest BCUT2D eigenvalue weighted by Crippen LogP contribution is 2.27. The molecular weight excluding hydrogens is 232 g/mol. The van der Waals surface area contributed by atoms with E-state index in [1.165, 1.54) is 41.5 Å². The van der Waals surface area contributed by atoms with Crippen LogP contribution in [0.2, 0.25) is 0 Å². The third-order valence-corrected chi connectivity index (χ3v) is 4.03. The van der Waals surface area contributed by atoms with Crippen LogP contribution in [-0.2, 0) is 12.8 Å². The molecule has 0 fully saturated rings. The first-order chi connectivity index (χ1) is 9.24. The smallest absolute Gasteiger partial charge is 0.0561 e. The molecule has 19 heavy (non-hydrogen) atoms. The van der Waals surface area contributed by atoms with Gasteiger partial charge in [-0.3, -0.25) is 4.98 Å². The molecule has 1 unspecified atom stereocenters. The summed E-state index contributed by atoms with van der Waals surface area (Å²) in [6.45, 7) is 4.32. The molecule has 0 saturated carbocycles. The van der Waals surface area contributed by atoms with Gasteiger partial charge in [0.1, 0.15) is 0 Å². The van der Waals surface area contributed by atoms with Crippen LogP contribution in [0.15, 0.2) is 36.7 Å². The summed E-state index contributed by atoms with van der Waals surface area (Å²) >= 11 is 0. The van der Waals surface area contributed by atoms with Crippen molar-refractivity contribution in [3.8, 4) is 0 Å². The Hall–Kier alpha value is -1.83. The summed E-state index contributed by atoms with van der Waals surface area (Å²) in [4.78, 5) is 4.19. The van der Waals surface area contributed by atoms with Gasteiger partial charge in [0.25, 0.3) is 0 Å². The molecule has 1 atom stereocenters. The van der Waals surface area contributed by atoms with E-state index in [2.05, 4.69) is 42.3 Å². The number of benzene rings is 1. The molecule has 1 aliphatic carbocycles. The Labute approximate surface area is 114 Å². The average molecular weight is 252 g/mol. The van der Waals surface area contributed by atoms with Crippen molar-refractivity contribution in [2.75, 3.05) is 5.32 Å². The third-order valence-electron chi connectivity index (χ3n) is 4.03. The Balaban J connectivity index is 1.81. The summed E-state index contributed by atoms with van der Waals surface area (Å²) in [5.41, 5.74) is 6.80. The lowest BCUT2D eigenvalue weighted by Crippen LogP contribution is -2.08. The molecule has 0 aliphatic heterocycles. The monoisotopic (exact) mass is 252 g/mol. The van der Waals surface area contributed by atoms with Crippen molar-refractivity contribution in [2.45, 2.75) is 39.2 Å². The van der Waals surface area contributed by atoms with Crippen LogP contribution in [0.3, 0.4) is 0 Å². The topological polar surface area (TPSA) is 24.9 Å². The Morgan fingerprint density at radius 3 is 2.84 bits per heavy atom. The zero-order valence-electron chi connectivity index (χ0n) is 11.6. The zero-order chi connectivity index (χ0) is 13.2. The minimum absolute atomic E-state index is 0.314. The van der Waals surface area contributed by atoms with Gasteiger partial charge >= 0.3 is 0 Å². The molecule has 0 spiro atoms. The standard InChI is InChI=1S/C17H20N2/c1-12-8-9-18-11-17(12)19-13(2)15-7-6-14-4-3-5-16(14)10-15/h6-11,13,19H,3-5H2,1-2H3. The van der Waals surface area contributed by atoms with E-state index in [1.54, 1.807) is 0 Å². The second kappa shape index (κ2) is 5.04. The summed E-state index contributed by atoms with van der Waals surface area (Å²) in [5, 5.41) is 3.56. The van der Waals surface area contributed by atoms with E-state index in [-0.39, 0.29) is 0 Å². The number of aromatic nitrogens is 1. The highest BCUT2D eigenvalue weighted by atomic mass is 14.9. The van der Waals surface area contributed by atoms with Crippen molar-refractivity contribution in [1.29, 1.82) is 0 Å². The van der Waals surface area contributed by atoms with Gasteiger partial charge in [-0.25, -0.2) is 0 Å². The molecule has 0 radical (unpaired) electrons. The lowest BCUT2D eigenvalue weighted by Gasteiger charge is -2.18. The molecule has 2 aromatic rings. The van der Waals surface area contributed by atoms with Gasteiger partial charge in [0.15, 0.2) is 0 Å². The Morgan fingerprint density at radius 2 is 2.00 bits per heavy atom. The van der Waals surface area contributed by atoms with Gasteiger partial charge in [-0.2, -0.15) is 0 Å². The number of pyridine rings is 1. The van der Waals surface area contributed by atoms with E-state index in [4.69, 9.17) is 0 Å². The molecule has 1 heterocycles. The predicted molar refractivity (Wildman–Crippen MR) is 79.5 cm³/mol. The molecule has 0 bridgehead atoms. The molecule has 0 amide bonds. The Bertz CT molecular complexity index is 590. The third kappa shape index (κ3) is 2.48. The van der Waals surface area contributed by atoms with Gasteiger partial charge in [0.05, 0.1) is 11.9 Å². The van der Waals surface area contributed by atoms with Gasteiger partial charge in [-0.15, -0.1) is 0 Å². The SMILES string of the molecule is Cc1ccncc1NC(C)c1ccc2c(c1)CCC2. The van der Waals surface area contributed by atoms with Crippen molar-refractivity contribution >= 4 is 5.69 Å². The Kier molecular flexibility index (Phi) is 3.24. The molecule has 2 heteroatoms. The van der Waals surface area contributed by atoms with Gasteiger partial charge in [-0.05, 0) is 61.4 Å². The van der Waals surface area contributed by atoms with Gasteiger partial charge < -0.3 is 5.32 Å². The van der Waals surface area contributed by atoms with Gasteiger partial charge in [-0.1, -0.05) is 18.2 Å². The molecule has 3 rings (SSSR count). The zero-order valence-corrected chi connectivity index (χ0v) is 11.6. The van der Waals surface area contributed by atoms with Crippen LogP contribution in [0.25, 0.3) is 0 Å². The predicted octanol–water partition coefficient (Wildman–Crippen LogP) is 4.05. The summed E-state index contributed by atoms with van der Waals surface area (Å²) in [7, 11) is 0. The fourth-order valence-electron chi connectivity index (χ4n) is 2.79. The number of aryl methyl sites for hydroxylation is 3. The van der Waals surface area contributed by atoms with Gasteiger partial charge in [0.2, 0.25) is 0 Å². The fraction of sp³-hybridized carbons (Fsp3) is 0.353. The number of fused-ring (bicyclic) bond motifs is 1. The molecule has 1 aliphatic rings. The van der Waals surface area contributed by atoms with Crippen LogP contribution < -0.4 is 5.32 Å². The van der Waals surface area contributed by atoms with Gasteiger partial charge in [0, 0.05) is 12.2 Å². The summed E-state index contributed by atoms with van der Waals surface area (Å²) < 4.78 is 0. The molecule has 1 aromatic heterocycles. The number of rotatable bonds is 3. The molecule has 2 nitrogen and oxygen atoms in total. The van der Waals surface area contributed by atoms with Crippen molar-refractivity contribution in [3.05, 3.63) is 58.9 Å². The number of hydrogen-bond donors (Lipinski definition) is 1. The lowest BCUT2D eigenvalue weighted by atomic mass is 10.0. The first kappa shape index (κ1) is 12.2. The molecule has 1 aromatic carbocycles. The van der Waals surface area contributed by atoms with Crippen LogP contribution in [0, 0.1) is 6.92 Å². The van der Waals surface area contributed by atoms with Crippen LogP contribution in [0.5, 0.6) is 0 Å². The van der Waals surface area contributed by atoms with E-state index < -0.39 is 0 Å². The first-order valence-corrected chi connectivity index (χ1v) is 7.03. The maximum Gasteiger partial charge on any atom is 0.0561 e. The number of hydrogen-bond acceptors (Lipinski definition) is 2. The number of nitrogens with one attached hydrogen (secondary N) is 1. The summed E-state index contributed by atoms with van der Waals surface area (Å²) in [6, 6.07) is 9.27. The van der Waals surface area contributed by atoms with Crippen LogP contribution in [0.1, 0.15) is 41.6 Å². The summed E-state index contributed by atoms with van der Waals surface area (Å²) in [5.74, 6) is 0. The minimum atomic E-state index is 0.314. The van der Waals surface area contributed by atoms with E-state index in [1.807, 2.05) is 18.5 Å². The first-order valence-electron chi connectivity index (χ1n) is 7.03. The minimum Gasteiger partial charge on any atom is -0.377 e. The average Bonchev–Trinajstić information content (AvgIpc) is 2.88. The van der Waals surface area contributed by atoms with Crippen molar-refractivity contribution in [3.63, 3.8) is 0 Å². The normalized spacial score (nSPS) is 15.1. The number of nitrogens with zero attached hydrogens (tertiary/aromatic N) is 1.